The number of halogens is 1. The summed E-state index contributed by atoms with van der Waals surface area (Å²) in [5.41, 5.74) is 1.02. The average Bonchev–Trinajstić information content (AvgIpc) is 2.53. The van der Waals surface area contributed by atoms with Crippen LogP contribution >= 0.6 is 23.1 Å². The lowest BCUT2D eigenvalue weighted by Gasteiger charge is -1.93. The van der Waals surface area contributed by atoms with Crippen molar-refractivity contribution in [2.75, 3.05) is 0 Å². The molecule has 0 fully saturated rings. The van der Waals surface area contributed by atoms with Gasteiger partial charge in [-0.2, -0.15) is 4.37 Å². The monoisotopic (exact) mass is 209 g/mol. The average molecular weight is 210 g/mol. The van der Waals surface area contributed by atoms with Gasteiger partial charge in [0.2, 0.25) is 0 Å². The molecule has 2 rings (SSSR count). The molecular weight excluding hydrogens is 204 g/mol. The van der Waals surface area contributed by atoms with Crippen molar-refractivity contribution in [3.8, 4) is 10.6 Å². The van der Waals surface area contributed by atoms with E-state index < -0.39 is 0 Å². The molecule has 65 valence electrons. The van der Waals surface area contributed by atoms with Gasteiger partial charge in [0, 0.05) is 17.5 Å². The van der Waals surface area contributed by atoms with Crippen LogP contribution in [0.5, 0.6) is 0 Å². The molecule has 0 atom stereocenters. The lowest BCUT2D eigenvalue weighted by atomic mass is 10.2. The van der Waals surface area contributed by atoms with Gasteiger partial charge in [0.25, 0.3) is 0 Å². The van der Waals surface area contributed by atoms with Crippen LogP contribution in [-0.4, -0.2) is 9.36 Å². The summed E-state index contributed by atoms with van der Waals surface area (Å²) in [6.45, 7) is 3.65. The molecule has 0 saturated heterocycles. The lowest BCUT2D eigenvalue weighted by molar-refractivity contribution is 1.25. The second-order valence-corrected chi connectivity index (χ2v) is 3.71. The number of rotatable bonds is 1. The molecule has 13 heavy (non-hydrogen) atoms. The molecule has 2 nitrogen and oxygen atoms in total. The number of hydrogen-bond acceptors (Lipinski definition) is 3. The third kappa shape index (κ3) is 1.87. The Morgan fingerprint density at radius 3 is 2.46 bits per heavy atom. The van der Waals surface area contributed by atoms with Gasteiger partial charge in [0.05, 0.1) is 0 Å². The summed E-state index contributed by atoms with van der Waals surface area (Å²) in [6.07, 6.45) is 0. The van der Waals surface area contributed by atoms with Gasteiger partial charge in [-0.3, -0.25) is 0 Å². The highest BCUT2D eigenvalue weighted by atomic mass is 35.5. The van der Waals surface area contributed by atoms with Gasteiger partial charge < -0.3 is 0 Å². The van der Waals surface area contributed by atoms with Crippen LogP contribution in [0.4, 0.5) is 0 Å². The second kappa shape index (κ2) is 3.44. The minimum Gasteiger partial charge on any atom is -0.219 e. The summed E-state index contributed by atoms with van der Waals surface area (Å²) >= 11 is 7.10. The van der Waals surface area contributed by atoms with Crippen molar-refractivity contribution < 1.29 is 0 Å². The van der Waals surface area contributed by atoms with Crippen LogP contribution in [-0.2, 0) is 0 Å². The van der Waals surface area contributed by atoms with E-state index in [0.29, 0.717) is 5.82 Å². The van der Waals surface area contributed by atoms with Gasteiger partial charge in [-0.05, 0) is 23.7 Å². The molecule has 0 aliphatic rings. The molecule has 0 saturated carbocycles. The summed E-state index contributed by atoms with van der Waals surface area (Å²) in [4.78, 5) is 4.16. The molecule has 0 N–H and O–H groups in total. The molecule has 0 aliphatic carbocycles. The third-order valence-electron chi connectivity index (χ3n) is 1.56. The number of aromatic nitrogens is 2. The third-order valence-corrected chi connectivity index (χ3v) is 2.61. The summed E-state index contributed by atoms with van der Waals surface area (Å²) in [6, 6.07) is 7.51. The Labute approximate surface area is 85.4 Å². The van der Waals surface area contributed by atoms with Crippen LogP contribution in [0.2, 0.25) is 5.02 Å². The Kier molecular flexibility index (Phi) is 2.29. The second-order valence-electron chi connectivity index (χ2n) is 2.52. The highest BCUT2D eigenvalue weighted by Crippen LogP contribution is 2.22. The van der Waals surface area contributed by atoms with Crippen LogP contribution in [0.3, 0.4) is 0 Å². The Morgan fingerprint density at radius 2 is 1.92 bits per heavy atom. The van der Waals surface area contributed by atoms with Crippen LogP contribution in [0, 0.1) is 6.92 Å². The number of benzene rings is 1. The SMILES string of the molecule is [CH2]c1nsc(-c2ccc(Cl)cc2)n1. The molecule has 4 heteroatoms. The fourth-order valence-corrected chi connectivity index (χ4v) is 1.71. The topological polar surface area (TPSA) is 25.8 Å². The van der Waals surface area contributed by atoms with Crippen LogP contribution < -0.4 is 0 Å². The Balaban J connectivity index is 2.41. The molecule has 0 unspecified atom stereocenters. The van der Waals surface area contributed by atoms with E-state index in [9.17, 15) is 0 Å². The van der Waals surface area contributed by atoms with E-state index in [1.807, 2.05) is 24.3 Å². The highest BCUT2D eigenvalue weighted by molar-refractivity contribution is 7.09. The van der Waals surface area contributed by atoms with E-state index in [2.05, 4.69) is 16.3 Å². The van der Waals surface area contributed by atoms with Crippen molar-refractivity contribution in [3.05, 3.63) is 42.0 Å². The molecular formula is C9H6ClN2S. The highest BCUT2D eigenvalue weighted by Gasteiger charge is 2.02. The Morgan fingerprint density at radius 1 is 1.23 bits per heavy atom. The van der Waals surface area contributed by atoms with Crippen molar-refractivity contribution in [1.82, 2.24) is 9.36 Å². The zero-order valence-electron chi connectivity index (χ0n) is 6.70. The molecule has 0 bridgehead atoms. The van der Waals surface area contributed by atoms with Crippen LogP contribution in [0.25, 0.3) is 10.6 Å². The summed E-state index contributed by atoms with van der Waals surface area (Å²) in [5, 5.41) is 1.60. The van der Waals surface area contributed by atoms with E-state index in [1.54, 1.807) is 0 Å². The van der Waals surface area contributed by atoms with Gasteiger partial charge in [0.1, 0.15) is 10.8 Å². The molecule has 1 aromatic heterocycles. The molecule has 2 aromatic rings. The van der Waals surface area contributed by atoms with Gasteiger partial charge in [-0.25, -0.2) is 4.98 Å². The summed E-state index contributed by atoms with van der Waals surface area (Å²) in [7, 11) is 0. The van der Waals surface area contributed by atoms with E-state index >= 15 is 0 Å². The Bertz CT molecular complexity index is 408. The molecule has 0 aliphatic heterocycles. The fraction of sp³-hybridized carbons (Fsp3) is 0. The van der Waals surface area contributed by atoms with Gasteiger partial charge in [-0.15, -0.1) is 0 Å². The van der Waals surface area contributed by atoms with Crippen molar-refractivity contribution in [2.45, 2.75) is 0 Å². The standard InChI is InChI=1S/C9H6ClN2S/c1-6-11-9(13-12-6)7-2-4-8(10)5-3-7/h2-5H,1H2. The lowest BCUT2D eigenvalue weighted by Crippen LogP contribution is -1.76. The number of hydrogen-bond donors (Lipinski definition) is 0. The molecule has 0 spiro atoms. The fourth-order valence-electron chi connectivity index (χ4n) is 0.964. The molecule has 1 radical (unpaired) electrons. The quantitative estimate of drug-likeness (QED) is 0.722. The first-order valence-corrected chi connectivity index (χ1v) is 4.82. The number of nitrogens with zero attached hydrogens (tertiary/aromatic N) is 2. The minimum absolute atomic E-state index is 0.565. The van der Waals surface area contributed by atoms with Gasteiger partial charge in [-0.1, -0.05) is 23.7 Å². The summed E-state index contributed by atoms with van der Waals surface area (Å²) < 4.78 is 4.00. The van der Waals surface area contributed by atoms with E-state index in [4.69, 9.17) is 11.6 Å². The van der Waals surface area contributed by atoms with Crippen molar-refractivity contribution in [1.29, 1.82) is 0 Å². The molecule has 1 heterocycles. The smallest absolute Gasteiger partial charge is 0.144 e. The Hall–Kier alpha value is -0.930. The first-order valence-electron chi connectivity index (χ1n) is 3.67. The predicted octanol–water partition coefficient (Wildman–Crippen LogP) is 3.04. The molecule has 0 amide bonds. The summed E-state index contributed by atoms with van der Waals surface area (Å²) in [5.74, 6) is 0.565. The van der Waals surface area contributed by atoms with Crippen molar-refractivity contribution in [3.63, 3.8) is 0 Å². The van der Waals surface area contributed by atoms with Crippen LogP contribution in [0.1, 0.15) is 5.82 Å². The maximum Gasteiger partial charge on any atom is 0.144 e. The maximum atomic E-state index is 5.76. The predicted molar refractivity (Wildman–Crippen MR) is 54.8 cm³/mol. The normalized spacial score (nSPS) is 10.3. The maximum absolute atomic E-state index is 5.76. The van der Waals surface area contributed by atoms with Gasteiger partial charge in [0.15, 0.2) is 0 Å². The van der Waals surface area contributed by atoms with Crippen LogP contribution in [0.15, 0.2) is 24.3 Å². The first kappa shape index (κ1) is 8.66. The van der Waals surface area contributed by atoms with Crippen molar-refractivity contribution >= 4 is 23.1 Å². The van der Waals surface area contributed by atoms with Gasteiger partial charge >= 0.3 is 0 Å². The van der Waals surface area contributed by atoms with E-state index in [0.717, 1.165) is 15.6 Å². The minimum atomic E-state index is 0.565. The molecule has 1 aromatic carbocycles. The van der Waals surface area contributed by atoms with E-state index in [1.165, 1.54) is 11.5 Å². The zero-order valence-corrected chi connectivity index (χ0v) is 8.27. The van der Waals surface area contributed by atoms with E-state index in [-0.39, 0.29) is 0 Å². The largest absolute Gasteiger partial charge is 0.219 e. The first-order chi connectivity index (χ1) is 6.25. The van der Waals surface area contributed by atoms with Crippen molar-refractivity contribution in [2.24, 2.45) is 0 Å². The zero-order chi connectivity index (χ0) is 9.26.